The fourth-order valence-electron chi connectivity index (χ4n) is 1.82. The predicted molar refractivity (Wildman–Crippen MR) is 101 cm³/mol. The summed E-state index contributed by atoms with van der Waals surface area (Å²) in [6.45, 7) is 0. The molecule has 13 heteroatoms. The minimum atomic E-state index is 0.394. The molecule has 0 unspecified atom stereocenters. The third-order valence-corrected chi connectivity index (χ3v) is 6.70. The third kappa shape index (κ3) is 3.77. The van der Waals surface area contributed by atoms with Gasteiger partial charge in [-0.3, -0.25) is 0 Å². The molecule has 0 saturated carbocycles. The van der Waals surface area contributed by atoms with E-state index in [9.17, 15) is 0 Å². The molecule has 3 aromatic heterocycles. The summed E-state index contributed by atoms with van der Waals surface area (Å²) in [6, 6.07) is 5.36. The molecule has 0 fully saturated rings. The van der Waals surface area contributed by atoms with Crippen LogP contribution in [-0.2, 0) is 0 Å². The number of aromatic nitrogens is 6. The van der Waals surface area contributed by atoms with Crippen LogP contribution in [0.1, 0.15) is 0 Å². The first-order chi connectivity index (χ1) is 12.1. The molecule has 3 heterocycles. The maximum Gasteiger partial charge on any atom is 0.203 e. The highest BCUT2D eigenvalue weighted by atomic mass is 35.5. The fraction of sp³-hybridized carbons (Fsp3) is 0. The Bertz CT molecular complexity index is 1060. The lowest BCUT2D eigenvalue weighted by atomic mass is 10.3. The van der Waals surface area contributed by atoms with Crippen LogP contribution in [0.25, 0.3) is 11.0 Å². The topological polar surface area (TPSA) is 129 Å². The van der Waals surface area contributed by atoms with Crippen molar-refractivity contribution >= 4 is 79.1 Å². The van der Waals surface area contributed by atoms with Crippen LogP contribution in [0.2, 0.25) is 5.02 Å². The van der Waals surface area contributed by atoms with Crippen molar-refractivity contribution in [3.8, 4) is 0 Å². The zero-order chi connectivity index (χ0) is 17.4. The summed E-state index contributed by atoms with van der Waals surface area (Å²) < 4.78 is 1.35. The van der Waals surface area contributed by atoms with Gasteiger partial charge in [-0.2, -0.15) is 0 Å². The Kier molecular flexibility index (Phi) is 4.60. The van der Waals surface area contributed by atoms with Crippen LogP contribution in [0.4, 0.5) is 10.3 Å². The molecule has 4 aromatic rings. The van der Waals surface area contributed by atoms with E-state index in [0.717, 1.165) is 5.52 Å². The van der Waals surface area contributed by atoms with Crippen molar-refractivity contribution < 1.29 is 0 Å². The van der Waals surface area contributed by atoms with Crippen LogP contribution in [0.3, 0.4) is 0 Å². The Morgan fingerprint density at radius 1 is 0.800 bits per heavy atom. The number of hydrogen-bond acceptors (Lipinski definition) is 12. The smallest absolute Gasteiger partial charge is 0.203 e. The number of fused-ring (bicyclic) bond motifs is 1. The highest BCUT2D eigenvalue weighted by Crippen LogP contribution is 2.39. The van der Waals surface area contributed by atoms with Crippen molar-refractivity contribution in [1.82, 2.24) is 30.4 Å². The lowest BCUT2D eigenvalue weighted by molar-refractivity contribution is 0.950. The first-order valence-corrected chi connectivity index (χ1v) is 10.2. The maximum atomic E-state index is 6.06. The fourth-order valence-corrected chi connectivity index (χ4v) is 5.28. The van der Waals surface area contributed by atoms with Gasteiger partial charge in [0.15, 0.2) is 8.68 Å². The van der Waals surface area contributed by atoms with Gasteiger partial charge in [0.1, 0.15) is 10.1 Å². The van der Waals surface area contributed by atoms with E-state index in [2.05, 4.69) is 30.4 Å². The average Bonchev–Trinajstić information content (AvgIpc) is 3.16. The number of hydrogen-bond donors (Lipinski definition) is 2. The predicted octanol–water partition coefficient (Wildman–Crippen LogP) is 3.45. The summed E-state index contributed by atoms with van der Waals surface area (Å²) >= 11 is 11.3. The molecule has 126 valence electrons. The van der Waals surface area contributed by atoms with E-state index in [1.807, 2.05) is 6.07 Å². The van der Waals surface area contributed by atoms with E-state index in [0.29, 0.717) is 39.5 Å². The van der Waals surface area contributed by atoms with Crippen LogP contribution < -0.4 is 11.5 Å². The molecule has 25 heavy (non-hydrogen) atoms. The van der Waals surface area contributed by atoms with Gasteiger partial charge in [-0.25, -0.2) is 9.97 Å². The highest BCUT2D eigenvalue weighted by molar-refractivity contribution is 8.04. The van der Waals surface area contributed by atoms with E-state index in [-0.39, 0.29) is 0 Å². The minimum absolute atomic E-state index is 0.394. The molecule has 4 N–H and O–H groups in total. The van der Waals surface area contributed by atoms with Crippen molar-refractivity contribution in [3.63, 3.8) is 0 Å². The summed E-state index contributed by atoms with van der Waals surface area (Å²) in [5.74, 6) is 0. The van der Waals surface area contributed by atoms with Gasteiger partial charge in [-0.1, -0.05) is 34.3 Å². The molecule has 0 aliphatic carbocycles. The second kappa shape index (κ2) is 6.88. The SMILES string of the molecule is Nc1nnc(Sc2nc3ccc(Cl)cc3nc2Sc2nnc(N)s2)s1. The molecule has 0 aliphatic rings. The average molecular weight is 427 g/mol. The third-order valence-electron chi connectivity index (χ3n) is 2.78. The highest BCUT2D eigenvalue weighted by Gasteiger charge is 2.16. The van der Waals surface area contributed by atoms with Gasteiger partial charge in [0.2, 0.25) is 10.3 Å². The van der Waals surface area contributed by atoms with Gasteiger partial charge in [-0.05, 0) is 41.7 Å². The Labute approximate surface area is 162 Å². The van der Waals surface area contributed by atoms with Gasteiger partial charge in [-0.15, -0.1) is 20.4 Å². The van der Waals surface area contributed by atoms with Gasteiger partial charge < -0.3 is 11.5 Å². The molecule has 0 aliphatic heterocycles. The number of nitrogens with zero attached hydrogens (tertiary/aromatic N) is 6. The summed E-state index contributed by atoms with van der Waals surface area (Å²) in [5, 5.41) is 18.4. The molecule has 0 radical (unpaired) electrons. The summed E-state index contributed by atoms with van der Waals surface area (Å²) in [4.78, 5) is 9.33. The van der Waals surface area contributed by atoms with Crippen molar-refractivity contribution in [1.29, 1.82) is 0 Å². The molecule has 4 rings (SSSR count). The molecule has 0 spiro atoms. The van der Waals surface area contributed by atoms with Gasteiger partial charge in [0.05, 0.1) is 11.0 Å². The molecule has 0 amide bonds. The van der Waals surface area contributed by atoms with Crippen molar-refractivity contribution in [2.24, 2.45) is 0 Å². The number of halogens is 1. The van der Waals surface area contributed by atoms with Gasteiger partial charge >= 0.3 is 0 Å². The zero-order valence-corrected chi connectivity index (χ0v) is 16.1. The maximum absolute atomic E-state index is 6.06. The molecular formula is C12H7ClN8S4. The molecule has 1 aromatic carbocycles. The van der Waals surface area contributed by atoms with Gasteiger partial charge in [0, 0.05) is 5.02 Å². The van der Waals surface area contributed by atoms with Crippen LogP contribution in [-0.4, -0.2) is 30.4 Å². The monoisotopic (exact) mass is 426 g/mol. The summed E-state index contributed by atoms with van der Waals surface area (Å²) in [7, 11) is 0. The second-order valence-corrected chi connectivity index (χ2v) is 9.41. The lowest BCUT2D eigenvalue weighted by Crippen LogP contribution is -1.92. The number of anilines is 2. The summed E-state index contributed by atoms with van der Waals surface area (Å²) in [6.07, 6.45) is 0. The molecular weight excluding hydrogens is 420 g/mol. The van der Waals surface area contributed by atoms with E-state index in [4.69, 9.17) is 23.1 Å². The lowest BCUT2D eigenvalue weighted by Gasteiger charge is -2.06. The van der Waals surface area contributed by atoms with Crippen molar-refractivity contribution in [3.05, 3.63) is 23.2 Å². The largest absolute Gasteiger partial charge is 0.374 e. The minimum Gasteiger partial charge on any atom is -0.374 e. The number of nitrogen functional groups attached to an aromatic ring is 2. The normalized spacial score (nSPS) is 11.2. The second-order valence-electron chi connectivity index (χ2n) is 4.48. The van der Waals surface area contributed by atoms with Gasteiger partial charge in [0.25, 0.3) is 0 Å². The Balaban J connectivity index is 1.79. The first-order valence-electron chi connectivity index (χ1n) is 6.58. The van der Waals surface area contributed by atoms with Crippen molar-refractivity contribution in [2.45, 2.75) is 18.7 Å². The van der Waals surface area contributed by atoms with Crippen LogP contribution in [0, 0.1) is 0 Å². The first kappa shape index (κ1) is 16.7. The molecule has 0 bridgehead atoms. The number of nitrogens with two attached hydrogens (primary N) is 2. The van der Waals surface area contributed by atoms with E-state index in [1.165, 1.54) is 46.2 Å². The Morgan fingerprint density at radius 3 is 1.88 bits per heavy atom. The standard InChI is InChI=1S/C12H7ClN8S4/c13-4-1-2-5-6(3-4)17-8(23-12-21-19-10(15)25-12)7(16-5)22-11-20-18-9(14)24-11/h1-3H,(H2,14,18)(H2,15,19). The van der Waals surface area contributed by atoms with E-state index < -0.39 is 0 Å². The molecule has 0 saturated heterocycles. The molecule has 0 atom stereocenters. The van der Waals surface area contributed by atoms with Crippen molar-refractivity contribution in [2.75, 3.05) is 11.5 Å². The van der Waals surface area contributed by atoms with Crippen LogP contribution in [0.5, 0.6) is 0 Å². The number of rotatable bonds is 4. The zero-order valence-electron chi connectivity index (χ0n) is 12.1. The Hall–Kier alpha value is -1.73. The van der Waals surface area contributed by atoms with E-state index >= 15 is 0 Å². The number of benzene rings is 1. The molecule has 8 nitrogen and oxygen atoms in total. The Morgan fingerprint density at radius 2 is 1.36 bits per heavy atom. The summed E-state index contributed by atoms with van der Waals surface area (Å²) in [5.41, 5.74) is 12.7. The van der Waals surface area contributed by atoms with Crippen LogP contribution >= 0.6 is 57.8 Å². The quantitative estimate of drug-likeness (QED) is 0.500. The van der Waals surface area contributed by atoms with Crippen LogP contribution in [0.15, 0.2) is 36.9 Å². The van der Waals surface area contributed by atoms with E-state index in [1.54, 1.807) is 12.1 Å².